The van der Waals surface area contributed by atoms with Crippen LogP contribution in [-0.4, -0.2) is 7.11 Å². The highest BCUT2D eigenvalue weighted by molar-refractivity contribution is 6.31. The van der Waals surface area contributed by atoms with Crippen LogP contribution < -0.4 is 10.1 Å². The van der Waals surface area contributed by atoms with Crippen molar-refractivity contribution in [3.8, 4) is 5.75 Å². The van der Waals surface area contributed by atoms with Crippen molar-refractivity contribution >= 4 is 11.6 Å². The Hall–Kier alpha value is -1.72. The van der Waals surface area contributed by atoms with Crippen LogP contribution in [0.15, 0.2) is 30.3 Å². The molecule has 0 atom stereocenters. The Balaban J connectivity index is 2.07. The molecule has 2 rings (SSSR count). The summed E-state index contributed by atoms with van der Waals surface area (Å²) < 4.78 is 44.6. The normalized spacial score (nSPS) is 10.7. The molecule has 0 saturated carbocycles. The van der Waals surface area contributed by atoms with Crippen LogP contribution in [0.5, 0.6) is 5.75 Å². The minimum absolute atomic E-state index is 0.0391. The summed E-state index contributed by atoms with van der Waals surface area (Å²) in [6.07, 6.45) is 0. The minimum atomic E-state index is -1.20. The van der Waals surface area contributed by atoms with Crippen LogP contribution in [0.4, 0.5) is 13.2 Å². The molecule has 2 nitrogen and oxygen atoms in total. The molecule has 1 N–H and O–H groups in total. The van der Waals surface area contributed by atoms with E-state index >= 15 is 0 Å². The highest BCUT2D eigenvalue weighted by Gasteiger charge is 2.11. The van der Waals surface area contributed by atoms with Crippen LogP contribution >= 0.6 is 11.6 Å². The van der Waals surface area contributed by atoms with Crippen molar-refractivity contribution in [1.82, 2.24) is 5.32 Å². The predicted molar refractivity (Wildman–Crippen MR) is 74.9 cm³/mol. The van der Waals surface area contributed by atoms with Gasteiger partial charge in [0.15, 0.2) is 11.6 Å². The standard InChI is InChI=1S/C15H13ClF3NO/c1-21-15-4-2-3-11(16)10(15)8-20-7-9-5-13(18)14(19)6-12(9)17/h2-6,20H,7-8H2,1H3. The molecule has 0 saturated heterocycles. The Morgan fingerprint density at radius 1 is 1.05 bits per heavy atom. The second-order valence-electron chi connectivity index (χ2n) is 4.38. The van der Waals surface area contributed by atoms with Crippen molar-refractivity contribution in [1.29, 1.82) is 0 Å². The molecule has 2 aromatic carbocycles. The maximum Gasteiger partial charge on any atom is 0.161 e. The van der Waals surface area contributed by atoms with Gasteiger partial charge in [0.05, 0.1) is 7.11 Å². The average Bonchev–Trinajstić information content (AvgIpc) is 2.45. The summed E-state index contributed by atoms with van der Waals surface area (Å²) in [6.45, 7) is 0.346. The summed E-state index contributed by atoms with van der Waals surface area (Å²) in [4.78, 5) is 0. The lowest BCUT2D eigenvalue weighted by molar-refractivity contribution is 0.407. The lowest BCUT2D eigenvalue weighted by Gasteiger charge is -2.12. The second kappa shape index (κ2) is 6.83. The Morgan fingerprint density at radius 2 is 1.76 bits per heavy atom. The Morgan fingerprint density at radius 3 is 2.48 bits per heavy atom. The first-order chi connectivity index (χ1) is 10.0. The van der Waals surface area contributed by atoms with Crippen LogP contribution in [-0.2, 0) is 13.1 Å². The van der Waals surface area contributed by atoms with Crippen molar-refractivity contribution in [3.05, 3.63) is 63.9 Å². The van der Waals surface area contributed by atoms with Crippen molar-refractivity contribution in [2.75, 3.05) is 7.11 Å². The third-order valence-corrected chi connectivity index (χ3v) is 3.36. The van der Waals surface area contributed by atoms with E-state index in [1.807, 2.05) is 0 Å². The molecule has 2 aromatic rings. The topological polar surface area (TPSA) is 21.3 Å². The first-order valence-corrected chi connectivity index (χ1v) is 6.56. The summed E-state index contributed by atoms with van der Waals surface area (Å²) in [5, 5.41) is 3.43. The maximum absolute atomic E-state index is 13.5. The van der Waals surface area contributed by atoms with Gasteiger partial charge in [-0.25, -0.2) is 13.2 Å². The lowest BCUT2D eigenvalue weighted by atomic mass is 10.1. The van der Waals surface area contributed by atoms with Gasteiger partial charge < -0.3 is 10.1 Å². The molecule has 6 heteroatoms. The number of halogens is 4. The molecule has 0 aliphatic rings. The van der Waals surface area contributed by atoms with E-state index in [4.69, 9.17) is 16.3 Å². The molecular weight excluding hydrogens is 303 g/mol. The maximum atomic E-state index is 13.5. The van der Waals surface area contributed by atoms with Gasteiger partial charge in [-0.15, -0.1) is 0 Å². The fourth-order valence-corrected chi connectivity index (χ4v) is 2.16. The number of hydrogen-bond donors (Lipinski definition) is 1. The van der Waals surface area contributed by atoms with Gasteiger partial charge in [-0.1, -0.05) is 17.7 Å². The summed E-state index contributed by atoms with van der Waals surface area (Å²) >= 11 is 6.06. The number of nitrogens with one attached hydrogen (secondary N) is 1. The molecule has 21 heavy (non-hydrogen) atoms. The van der Waals surface area contributed by atoms with Gasteiger partial charge in [0.2, 0.25) is 0 Å². The molecule has 0 aliphatic carbocycles. The van der Waals surface area contributed by atoms with Gasteiger partial charge in [-0.05, 0) is 18.2 Å². The van der Waals surface area contributed by atoms with E-state index in [1.165, 1.54) is 7.11 Å². The summed E-state index contributed by atoms with van der Waals surface area (Å²) in [5.74, 6) is -2.49. The van der Waals surface area contributed by atoms with Gasteiger partial charge in [-0.3, -0.25) is 0 Å². The molecule has 0 aromatic heterocycles. The van der Waals surface area contributed by atoms with Gasteiger partial charge in [0.25, 0.3) is 0 Å². The zero-order valence-electron chi connectivity index (χ0n) is 11.2. The number of methoxy groups -OCH3 is 1. The van der Waals surface area contributed by atoms with E-state index in [-0.39, 0.29) is 12.1 Å². The molecule has 0 heterocycles. The van der Waals surface area contributed by atoms with Crippen molar-refractivity contribution < 1.29 is 17.9 Å². The van der Waals surface area contributed by atoms with Crippen LogP contribution in [0.1, 0.15) is 11.1 Å². The van der Waals surface area contributed by atoms with Crippen LogP contribution in [0.3, 0.4) is 0 Å². The first-order valence-electron chi connectivity index (χ1n) is 6.18. The quantitative estimate of drug-likeness (QED) is 0.840. The summed E-state index contributed by atoms with van der Waals surface area (Å²) in [5.41, 5.74) is 0.754. The second-order valence-corrected chi connectivity index (χ2v) is 4.79. The Kier molecular flexibility index (Phi) is 5.09. The number of ether oxygens (including phenoxy) is 1. The highest BCUT2D eigenvalue weighted by atomic mass is 35.5. The third-order valence-electron chi connectivity index (χ3n) is 3.00. The van der Waals surface area contributed by atoms with Crippen LogP contribution in [0.25, 0.3) is 0 Å². The average molecular weight is 316 g/mol. The largest absolute Gasteiger partial charge is 0.496 e. The molecule has 0 spiro atoms. The summed E-state index contributed by atoms with van der Waals surface area (Å²) in [6, 6.07) is 6.57. The zero-order chi connectivity index (χ0) is 15.4. The predicted octanol–water partition coefficient (Wildman–Crippen LogP) is 4.06. The molecule has 0 amide bonds. The molecule has 0 fully saturated rings. The number of hydrogen-bond acceptors (Lipinski definition) is 2. The Labute approximate surface area is 125 Å². The molecular formula is C15H13ClF3NO. The zero-order valence-corrected chi connectivity index (χ0v) is 12.0. The van der Waals surface area contributed by atoms with Crippen molar-refractivity contribution in [3.63, 3.8) is 0 Å². The molecule has 0 aliphatic heterocycles. The fourth-order valence-electron chi connectivity index (χ4n) is 1.92. The fraction of sp³-hybridized carbons (Fsp3) is 0.200. The van der Waals surface area contributed by atoms with E-state index < -0.39 is 17.5 Å². The van der Waals surface area contributed by atoms with Crippen LogP contribution in [0.2, 0.25) is 5.02 Å². The van der Waals surface area contributed by atoms with Crippen LogP contribution in [0, 0.1) is 17.5 Å². The van der Waals surface area contributed by atoms with E-state index in [9.17, 15) is 13.2 Å². The molecule has 0 radical (unpaired) electrons. The van der Waals surface area contributed by atoms with Gasteiger partial charge in [0, 0.05) is 35.3 Å². The number of rotatable bonds is 5. The summed E-state index contributed by atoms with van der Waals surface area (Å²) in [7, 11) is 1.52. The van der Waals surface area contributed by atoms with Gasteiger partial charge >= 0.3 is 0 Å². The number of benzene rings is 2. The smallest absolute Gasteiger partial charge is 0.161 e. The SMILES string of the molecule is COc1cccc(Cl)c1CNCc1cc(F)c(F)cc1F. The van der Waals surface area contributed by atoms with E-state index in [0.717, 1.165) is 6.07 Å². The van der Waals surface area contributed by atoms with E-state index in [2.05, 4.69) is 5.32 Å². The minimum Gasteiger partial charge on any atom is -0.496 e. The van der Waals surface area contributed by atoms with Gasteiger partial charge in [-0.2, -0.15) is 0 Å². The molecule has 112 valence electrons. The van der Waals surface area contributed by atoms with Crippen molar-refractivity contribution in [2.45, 2.75) is 13.1 Å². The van der Waals surface area contributed by atoms with E-state index in [0.29, 0.717) is 28.9 Å². The van der Waals surface area contributed by atoms with E-state index in [1.54, 1.807) is 18.2 Å². The van der Waals surface area contributed by atoms with Gasteiger partial charge in [0.1, 0.15) is 11.6 Å². The molecule has 0 bridgehead atoms. The lowest BCUT2D eigenvalue weighted by Crippen LogP contribution is -2.15. The molecule has 0 unspecified atom stereocenters. The van der Waals surface area contributed by atoms with Crippen molar-refractivity contribution in [2.24, 2.45) is 0 Å². The third kappa shape index (κ3) is 3.68. The first kappa shape index (κ1) is 15.7. The monoisotopic (exact) mass is 315 g/mol. The Bertz CT molecular complexity index is 649. The highest BCUT2D eigenvalue weighted by Crippen LogP contribution is 2.26.